The Morgan fingerprint density at radius 2 is 1.50 bits per heavy atom. The number of rotatable bonds is 12. The molecule has 130 valence electrons. The summed E-state index contributed by atoms with van der Waals surface area (Å²) in [4.78, 5) is 9.02. The number of hydrogen-bond acceptors (Lipinski definition) is 2. The van der Waals surface area contributed by atoms with Crippen molar-refractivity contribution in [2.45, 2.75) is 71.6 Å². The molecule has 0 amide bonds. The van der Waals surface area contributed by atoms with Gasteiger partial charge in [0.05, 0.1) is 5.92 Å². The molecular weight excluding hydrogens is 292 g/mol. The number of aliphatic imine (C=N–C) groups is 2. The minimum Gasteiger partial charge on any atom is -0.0965 e. The van der Waals surface area contributed by atoms with Crippen LogP contribution < -0.4 is 0 Å². The summed E-state index contributed by atoms with van der Waals surface area (Å²) in [7, 11) is 0. The highest BCUT2D eigenvalue weighted by atomic mass is 15.0. The van der Waals surface area contributed by atoms with E-state index in [-0.39, 0.29) is 0 Å². The maximum absolute atomic E-state index is 4.51. The molecule has 24 heavy (non-hydrogen) atoms. The summed E-state index contributed by atoms with van der Waals surface area (Å²) in [5.74, 6) is 1.06. The van der Waals surface area contributed by atoms with Gasteiger partial charge in [-0.05, 0) is 24.3 Å². The molecule has 0 bridgehead atoms. The SMILES string of the molecule is CCCCCCCCCC([C+]1N=CC=N1)C(C)Cc1ccccc1. The molecule has 1 aromatic rings. The average molecular weight is 326 g/mol. The second-order valence-electron chi connectivity index (χ2n) is 7.10. The van der Waals surface area contributed by atoms with E-state index < -0.39 is 0 Å². The highest BCUT2D eigenvalue weighted by Crippen LogP contribution is 2.33. The lowest BCUT2D eigenvalue weighted by atomic mass is 9.83. The summed E-state index contributed by atoms with van der Waals surface area (Å²) in [6.07, 6.45) is 16.6. The molecule has 0 fully saturated rings. The third-order valence-electron chi connectivity index (χ3n) is 5.02. The first-order valence-electron chi connectivity index (χ1n) is 9.78. The molecule has 0 N–H and O–H groups in total. The van der Waals surface area contributed by atoms with Crippen LogP contribution in [-0.2, 0) is 6.42 Å². The van der Waals surface area contributed by atoms with E-state index in [2.05, 4.69) is 54.2 Å². The molecule has 0 spiro atoms. The third-order valence-corrected chi connectivity index (χ3v) is 5.02. The molecule has 1 heterocycles. The second kappa shape index (κ2) is 11.1. The molecule has 0 aromatic heterocycles. The lowest BCUT2D eigenvalue weighted by Gasteiger charge is -2.22. The molecule has 0 aliphatic carbocycles. The minimum atomic E-state index is 0.482. The summed E-state index contributed by atoms with van der Waals surface area (Å²) in [6.45, 7) is 4.63. The van der Waals surface area contributed by atoms with Crippen LogP contribution in [0.5, 0.6) is 0 Å². The molecule has 1 aliphatic heterocycles. The summed E-state index contributed by atoms with van der Waals surface area (Å²) in [5, 5.41) is 0. The molecule has 1 aliphatic rings. The van der Waals surface area contributed by atoms with Crippen molar-refractivity contribution in [3.05, 3.63) is 42.1 Å². The zero-order valence-electron chi connectivity index (χ0n) is 15.5. The molecule has 2 unspecified atom stereocenters. The number of hydrogen-bond donors (Lipinski definition) is 0. The van der Waals surface area contributed by atoms with Crippen molar-refractivity contribution in [1.29, 1.82) is 0 Å². The zero-order chi connectivity index (χ0) is 17.0. The predicted molar refractivity (Wildman–Crippen MR) is 106 cm³/mol. The Morgan fingerprint density at radius 1 is 0.875 bits per heavy atom. The maximum atomic E-state index is 4.51. The molecular formula is C22H33N2+. The van der Waals surface area contributed by atoms with Crippen molar-refractivity contribution in [2.75, 3.05) is 0 Å². The minimum absolute atomic E-state index is 0.482. The number of nitrogens with zero attached hydrogens (tertiary/aromatic N) is 2. The summed E-state index contributed by atoms with van der Waals surface area (Å²) >= 11 is 0. The monoisotopic (exact) mass is 325 g/mol. The van der Waals surface area contributed by atoms with Crippen molar-refractivity contribution in [3.63, 3.8) is 0 Å². The van der Waals surface area contributed by atoms with Crippen molar-refractivity contribution >= 4 is 12.4 Å². The first-order valence-corrected chi connectivity index (χ1v) is 9.78. The number of benzene rings is 1. The quantitative estimate of drug-likeness (QED) is 0.320. The Hall–Kier alpha value is -1.57. The van der Waals surface area contributed by atoms with Crippen molar-refractivity contribution in [3.8, 4) is 0 Å². The Bertz CT molecular complexity index is 480. The highest BCUT2D eigenvalue weighted by Gasteiger charge is 2.33. The maximum Gasteiger partial charge on any atom is 0.244 e. The van der Waals surface area contributed by atoms with Gasteiger partial charge in [-0.15, -0.1) is 0 Å². The van der Waals surface area contributed by atoms with Crippen molar-refractivity contribution in [2.24, 2.45) is 21.8 Å². The van der Waals surface area contributed by atoms with Crippen molar-refractivity contribution < 1.29 is 0 Å². The Balaban J connectivity index is 1.79. The third kappa shape index (κ3) is 6.51. The van der Waals surface area contributed by atoms with Crippen LogP contribution in [0.4, 0.5) is 0 Å². The van der Waals surface area contributed by atoms with Crippen LogP contribution in [0.1, 0.15) is 70.8 Å². The molecule has 2 rings (SSSR count). The van der Waals surface area contributed by atoms with Gasteiger partial charge in [0.1, 0.15) is 0 Å². The first-order chi connectivity index (χ1) is 11.8. The summed E-state index contributed by atoms with van der Waals surface area (Å²) < 4.78 is 0. The van der Waals surface area contributed by atoms with Gasteiger partial charge in [-0.25, -0.2) is 0 Å². The van der Waals surface area contributed by atoms with Gasteiger partial charge < -0.3 is 0 Å². The van der Waals surface area contributed by atoms with Crippen LogP contribution in [0.25, 0.3) is 0 Å². The van der Waals surface area contributed by atoms with Gasteiger partial charge in [0.25, 0.3) is 0 Å². The van der Waals surface area contributed by atoms with Crippen LogP contribution in [0.2, 0.25) is 0 Å². The largest absolute Gasteiger partial charge is 0.244 e. The molecule has 0 saturated carbocycles. The van der Waals surface area contributed by atoms with Gasteiger partial charge in [-0.2, -0.15) is 0 Å². The summed E-state index contributed by atoms with van der Waals surface area (Å²) in [6, 6.07) is 10.8. The van der Waals surface area contributed by atoms with Gasteiger partial charge in [-0.1, -0.05) is 99.1 Å². The van der Waals surface area contributed by atoms with E-state index in [1.165, 1.54) is 56.9 Å². The molecule has 0 radical (unpaired) electrons. The fraction of sp³-hybridized carbons (Fsp3) is 0.591. The molecule has 2 nitrogen and oxygen atoms in total. The smallest absolute Gasteiger partial charge is 0.0965 e. The van der Waals surface area contributed by atoms with E-state index in [0.29, 0.717) is 11.8 Å². The van der Waals surface area contributed by atoms with Crippen molar-refractivity contribution in [1.82, 2.24) is 0 Å². The standard InChI is InChI=1S/C22H33N2/c1-3-4-5-6-7-8-12-15-21(22-23-16-17-24-22)19(2)18-20-13-10-9-11-14-20/h9-11,13-14,16-17,19,21H,3-8,12,15,18H2,1-2H3/q+1. The zero-order valence-corrected chi connectivity index (χ0v) is 15.5. The Labute approximate surface area is 148 Å². The van der Waals surface area contributed by atoms with Crippen LogP contribution >= 0.6 is 0 Å². The lowest BCUT2D eigenvalue weighted by molar-refractivity contribution is 0.330. The van der Waals surface area contributed by atoms with Crippen LogP contribution in [-0.4, -0.2) is 12.4 Å². The van der Waals surface area contributed by atoms with Gasteiger partial charge in [0, 0.05) is 0 Å². The summed E-state index contributed by atoms with van der Waals surface area (Å²) in [5.41, 5.74) is 1.42. The molecule has 2 heteroatoms. The average Bonchev–Trinajstić information content (AvgIpc) is 3.12. The normalized spacial score (nSPS) is 15.8. The number of unbranched alkanes of at least 4 members (excludes halogenated alkanes) is 6. The van der Waals surface area contributed by atoms with E-state index in [4.69, 9.17) is 0 Å². The Kier molecular flexibility index (Phi) is 8.65. The van der Waals surface area contributed by atoms with Gasteiger partial charge in [-0.3, -0.25) is 0 Å². The van der Waals surface area contributed by atoms with Gasteiger partial charge >= 0.3 is 0 Å². The first kappa shape index (κ1) is 18.8. The fourth-order valence-electron chi connectivity index (χ4n) is 3.56. The van der Waals surface area contributed by atoms with E-state index in [1.54, 1.807) is 0 Å². The van der Waals surface area contributed by atoms with Crippen LogP contribution in [0.15, 0.2) is 40.3 Å². The van der Waals surface area contributed by atoms with Crippen LogP contribution in [0.3, 0.4) is 0 Å². The second-order valence-corrected chi connectivity index (χ2v) is 7.10. The van der Waals surface area contributed by atoms with Gasteiger partial charge in [0.2, 0.25) is 6.17 Å². The predicted octanol–water partition coefficient (Wildman–Crippen LogP) is 6.27. The molecule has 0 saturated heterocycles. The molecule has 1 aromatic carbocycles. The van der Waals surface area contributed by atoms with E-state index in [1.807, 2.05) is 12.4 Å². The Morgan fingerprint density at radius 3 is 2.17 bits per heavy atom. The molecule has 2 atom stereocenters. The van der Waals surface area contributed by atoms with E-state index >= 15 is 0 Å². The van der Waals surface area contributed by atoms with E-state index in [9.17, 15) is 0 Å². The fourth-order valence-corrected chi connectivity index (χ4v) is 3.56. The lowest BCUT2D eigenvalue weighted by Crippen LogP contribution is -2.19. The van der Waals surface area contributed by atoms with Crippen LogP contribution in [0, 0.1) is 18.0 Å². The van der Waals surface area contributed by atoms with Gasteiger partial charge in [0.15, 0.2) is 12.4 Å². The topological polar surface area (TPSA) is 24.7 Å². The van der Waals surface area contributed by atoms with E-state index in [0.717, 1.165) is 12.6 Å². The highest BCUT2D eigenvalue weighted by molar-refractivity contribution is 6.18.